The van der Waals surface area contributed by atoms with Crippen LogP contribution in [0.1, 0.15) is 11.1 Å². The van der Waals surface area contributed by atoms with Crippen molar-refractivity contribution in [1.29, 1.82) is 0 Å². The van der Waals surface area contributed by atoms with Gasteiger partial charge in [-0.25, -0.2) is 0 Å². The Morgan fingerprint density at radius 1 is 0.613 bits per heavy atom. The van der Waals surface area contributed by atoms with Crippen molar-refractivity contribution in [2.24, 2.45) is 0 Å². The van der Waals surface area contributed by atoms with Crippen LogP contribution < -0.4 is 0 Å². The summed E-state index contributed by atoms with van der Waals surface area (Å²) in [7, 11) is 0. The van der Waals surface area contributed by atoms with Gasteiger partial charge in [-0.3, -0.25) is 40.5 Å². The van der Waals surface area contributed by atoms with Gasteiger partial charge in [-0.05, 0) is 12.1 Å². The quantitative estimate of drug-likeness (QED) is 0.302. The van der Waals surface area contributed by atoms with E-state index in [1.165, 1.54) is 0 Å². The molecule has 15 heteroatoms. The van der Waals surface area contributed by atoms with Crippen molar-refractivity contribution < 1.29 is 33.2 Å². The second-order valence-corrected chi connectivity index (χ2v) is 6.01. The van der Waals surface area contributed by atoms with Gasteiger partial charge in [-0.15, -0.1) is 0 Å². The van der Waals surface area contributed by atoms with Crippen molar-refractivity contribution in [3.8, 4) is 0 Å². The smallest absolute Gasteiger partial charge is 0.311 e. The predicted molar refractivity (Wildman–Crippen MR) is 97.6 cm³/mol. The molecule has 31 heavy (non-hydrogen) atoms. The second kappa shape index (κ2) is 9.57. The van der Waals surface area contributed by atoms with Crippen LogP contribution in [0.5, 0.6) is 0 Å². The molecule has 0 amide bonds. The van der Waals surface area contributed by atoms with E-state index in [1.807, 2.05) is 0 Å². The Morgan fingerprint density at radius 2 is 0.935 bits per heavy atom. The van der Waals surface area contributed by atoms with Crippen LogP contribution in [-0.2, 0) is 17.6 Å². The minimum Gasteiger partial charge on any atom is -0.381 e. The molecular weight excluding hydrogens is 430 g/mol. The molecule has 0 fully saturated rings. The molecule has 0 heterocycles. The van der Waals surface area contributed by atoms with Gasteiger partial charge in [0.2, 0.25) is 11.6 Å². The highest BCUT2D eigenvalue weighted by Gasteiger charge is 2.26. The van der Waals surface area contributed by atoms with Gasteiger partial charge in [0, 0.05) is 24.0 Å². The molecule has 0 saturated carbocycles. The lowest BCUT2D eigenvalue weighted by Gasteiger charge is -2.07. The number of nitrogens with zero attached hydrogens (tertiary/aromatic N) is 4. The fraction of sp³-hybridized carbons (Fsp3) is 0.250. The van der Waals surface area contributed by atoms with Gasteiger partial charge in [-0.2, -0.15) is 8.78 Å². The Hall–Kier alpha value is -4.14. The molecule has 2 aromatic carbocycles. The maximum Gasteiger partial charge on any atom is 0.311 e. The summed E-state index contributed by atoms with van der Waals surface area (Å²) in [6, 6.07) is 2.29. The third-order valence-corrected chi connectivity index (χ3v) is 4.11. The molecule has 164 valence electrons. The van der Waals surface area contributed by atoms with E-state index in [1.54, 1.807) is 0 Å². The molecule has 0 atom stereocenters. The lowest BCUT2D eigenvalue weighted by atomic mass is 10.1. The van der Waals surface area contributed by atoms with Crippen LogP contribution in [0.15, 0.2) is 24.3 Å². The highest BCUT2D eigenvalue weighted by Crippen LogP contribution is 2.29. The van der Waals surface area contributed by atoms with Gasteiger partial charge in [0.05, 0.1) is 45.0 Å². The first kappa shape index (κ1) is 23.1. The highest BCUT2D eigenvalue weighted by molar-refractivity contribution is 5.51. The minimum atomic E-state index is -1.26. The van der Waals surface area contributed by atoms with Crippen molar-refractivity contribution in [3.63, 3.8) is 0 Å². The highest BCUT2D eigenvalue weighted by atomic mass is 19.1. The van der Waals surface area contributed by atoms with Crippen molar-refractivity contribution >= 4 is 22.7 Å². The van der Waals surface area contributed by atoms with Crippen LogP contribution in [0, 0.1) is 52.1 Å². The summed E-state index contributed by atoms with van der Waals surface area (Å²) in [5.41, 5.74) is -3.79. The number of rotatable bonds is 10. The zero-order valence-electron chi connectivity index (χ0n) is 15.4. The van der Waals surface area contributed by atoms with Crippen molar-refractivity contribution in [2.75, 3.05) is 13.2 Å². The molecule has 0 aliphatic heterocycles. The van der Waals surface area contributed by atoms with Gasteiger partial charge >= 0.3 is 11.4 Å². The van der Waals surface area contributed by atoms with E-state index < -0.39 is 54.1 Å². The van der Waals surface area contributed by atoms with Gasteiger partial charge in [-0.1, -0.05) is 0 Å². The molecule has 13 nitrogen and oxygen atoms in total. The van der Waals surface area contributed by atoms with Gasteiger partial charge in [0.15, 0.2) is 0 Å². The molecule has 0 bridgehead atoms. The number of hydrogen-bond donors (Lipinski definition) is 0. The molecule has 0 radical (unpaired) electrons. The van der Waals surface area contributed by atoms with E-state index in [2.05, 4.69) is 0 Å². The van der Waals surface area contributed by atoms with Crippen LogP contribution in [0.4, 0.5) is 31.5 Å². The molecular formula is C16H12F2N4O9. The fourth-order valence-electron chi connectivity index (χ4n) is 2.67. The topological polar surface area (TPSA) is 182 Å². The Kier molecular flexibility index (Phi) is 7.15. The first-order chi connectivity index (χ1) is 14.5. The standard InChI is InChI=1S/C16H12F2N4O9/c17-11-5-9(13(19(23)24)7-15(11)21(27)28)1-3-31-4-2-10-6-12(18)16(22(29)30)8-14(10)20(25)26/h5-8H,1-4H2. The lowest BCUT2D eigenvalue weighted by Crippen LogP contribution is -2.08. The summed E-state index contributed by atoms with van der Waals surface area (Å²) < 4.78 is 32.7. The van der Waals surface area contributed by atoms with E-state index >= 15 is 0 Å². The SMILES string of the molecule is O=[N+]([O-])c1cc([N+](=O)[O-])c(CCOCCc2cc(F)c([N+](=O)[O-])cc2[N+](=O)[O-])cc1F. The Labute approximate surface area is 170 Å². The van der Waals surface area contributed by atoms with Crippen molar-refractivity contribution in [3.05, 3.63) is 87.5 Å². The maximum absolute atomic E-state index is 13.7. The first-order valence-corrected chi connectivity index (χ1v) is 8.33. The van der Waals surface area contributed by atoms with E-state index in [0.29, 0.717) is 24.3 Å². The molecule has 2 aromatic rings. The Bertz CT molecular complexity index is 994. The summed E-state index contributed by atoms with van der Waals surface area (Å²) in [6.45, 7) is -0.442. The molecule has 0 aliphatic carbocycles. The molecule has 0 saturated heterocycles. The monoisotopic (exact) mass is 442 g/mol. The average Bonchev–Trinajstić information content (AvgIpc) is 2.66. The fourth-order valence-corrected chi connectivity index (χ4v) is 2.67. The predicted octanol–water partition coefficient (Wildman–Crippen LogP) is 3.40. The number of ether oxygens (including phenoxy) is 1. The molecule has 0 N–H and O–H groups in total. The van der Waals surface area contributed by atoms with Gasteiger partial charge in [0.25, 0.3) is 11.4 Å². The second-order valence-electron chi connectivity index (χ2n) is 6.01. The van der Waals surface area contributed by atoms with E-state index in [0.717, 1.165) is 0 Å². The van der Waals surface area contributed by atoms with Crippen LogP contribution >= 0.6 is 0 Å². The van der Waals surface area contributed by atoms with E-state index in [9.17, 15) is 49.2 Å². The van der Waals surface area contributed by atoms with Crippen molar-refractivity contribution in [1.82, 2.24) is 0 Å². The summed E-state index contributed by atoms with van der Waals surface area (Å²) in [5.74, 6) is -2.52. The molecule has 0 aliphatic rings. The maximum atomic E-state index is 13.7. The number of nitro groups is 4. The van der Waals surface area contributed by atoms with Crippen LogP contribution in [0.25, 0.3) is 0 Å². The zero-order valence-corrected chi connectivity index (χ0v) is 15.4. The summed E-state index contributed by atoms with van der Waals surface area (Å²) in [4.78, 5) is 39.5. The van der Waals surface area contributed by atoms with Crippen molar-refractivity contribution in [2.45, 2.75) is 12.8 Å². The lowest BCUT2D eigenvalue weighted by molar-refractivity contribution is -0.396. The number of halogens is 2. The van der Waals surface area contributed by atoms with Gasteiger partial charge in [0.1, 0.15) is 0 Å². The largest absolute Gasteiger partial charge is 0.381 e. The van der Waals surface area contributed by atoms with Crippen LogP contribution in [0.3, 0.4) is 0 Å². The van der Waals surface area contributed by atoms with Gasteiger partial charge < -0.3 is 4.74 Å². The third kappa shape index (κ3) is 5.47. The summed E-state index contributed by atoms with van der Waals surface area (Å²) >= 11 is 0. The summed E-state index contributed by atoms with van der Waals surface area (Å²) in [5, 5.41) is 43.5. The number of hydrogen-bond acceptors (Lipinski definition) is 9. The average molecular weight is 442 g/mol. The van der Waals surface area contributed by atoms with E-state index in [-0.39, 0.29) is 37.2 Å². The van der Waals surface area contributed by atoms with Crippen LogP contribution in [-0.4, -0.2) is 32.9 Å². The number of benzene rings is 2. The normalized spacial score (nSPS) is 10.6. The molecule has 2 rings (SSSR count). The zero-order chi connectivity index (χ0) is 23.3. The summed E-state index contributed by atoms with van der Waals surface area (Å²) in [6.07, 6.45) is -0.413. The Morgan fingerprint density at radius 3 is 1.23 bits per heavy atom. The van der Waals surface area contributed by atoms with Crippen LogP contribution in [0.2, 0.25) is 0 Å². The molecule has 0 aromatic heterocycles. The van der Waals surface area contributed by atoms with E-state index in [4.69, 9.17) is 4.74 Å². The Balaban J connectivity index is 2.06. The molecule has 0 spiro atoms. The third-order valence-electron chi connectivity index (χ3n) is 4.11. The number of nitro benzene ring substituents is 4. The minimum absolute atomic E-state index is 0.166. The first-order valence-electron chi connectivity index (χ1n) is 8.33. The molecule has 0 unspecified atom stereocenters.